The number of aliphatic hydroxyl groups excluding tert-OH is 1. The molecule has 1 rings (SSSR count). The molecule has 0 fully saturated rings. The van der Waals surface area contributed by atoms with Crippen molar-refractivity contribution in [2.75, 3.05) is 0 Å². The van der Waals surface area contributed by atoms with E-state index in [0.717, 1.165) is 12.8 Å². The number of aliphatic hydroxyl groups is 2. The minimum absolute atomic E-state index is 0.438. The van der Waals surface area contributed by atoms with E-state index in [1.807, 2.05) is 0 Å². The lowest BCUT2D eigenvalue weighted by molar-refractivity contribution is 0.0483. The standard InChI is InChI=1S/C21H40O2/c1-2-3-4-5-6-7-8-9-10-11-12-13-14-15-17-21(23)18-16-20(22)19-21/h16,18,20,22-23H,2-15,17,19H2,1H3/t20-,21+/m0/s1. The average molecular weight is 325 g/mol. The summed E-state index contributed by atoms with van der Waals surface area (Å²) in [6.07, 6.45) is 23.4. The molecule has 23 heavy (non-hydrogen) atoms. The quantitative estimate of drug-likeness (QED) is 0.290. The van der Waals surface area contributed by atoms with Crippen molar-refractivity contribution >= 4 is 0 Å². The average Bonchev–Trinajstić information content (AvgIpc) is 2.87. The molecule has 0 aromatic carbocycles. The Morgan fingerprint density at radius 2 is 1.22 bits per heavy atom. The SMILES string of the molecule is CCCCCCCCCCCCCCCC[C@@]1(O)C=C[C@H](O)C1. The number of unbranched alkanes of at least 4 members (excludes halogenated alkanes) is 13. The Labute approximate surface area is 144 Å². The predicted octanol–water partition coefficient (Wildman–Crippen LogP) is 5.91. The summed E-state index contributed by atoms with van der Waals surface area (Å²) in [7, 11) is 0. The summed E-state index contributed by atoms with van der Waals surface area (Å²) in [4.78, 5) is 0. The zero-order chi connectivity index (χ0) is 16.8. The molecular formula is C21H40O2. The third kappa shape index (κ3) is 10.9. The summed E-state index contributed by atoms with van der Waals surface area (Å²) in [6, 6.07) is 0. The monoisotopic (exact) mass is 324 g/mol. The summed E-state index contributed by atoms with van der Waals surface area (Å²) in [5.41, 5.74) is -0.726. The molecule has 0 aliphatic heterocycles. The van der Waals surface area contributed by atoms with Crippen LogP contribution in [0.15, 0.2) is 12.2 Å². The van der Waals surface area contributed by atoms with Gasteiger partial charge in [-0.15, -0.1) is 0 Å². The third-order valence-corrected chi connectivity index (χ3v) is 5.15. The molecule has 0 unspecified atom stereocenters. The Bertz CT molecular complexity index is 300. The fourth-order valence-corrected chi connectivity index (χ4v) is 3.60. The van der Waals surface area contributed by atoms with E-state index >= 15 is 0 Å². The van der Waals surface area contributed by atoms with Crippen LogP contribution in [0.25, 0.3) is 0 Å². The lowest BCUT2D eigenvalue weighted by atomic mass is 9.94. The first-order valence-corrected chi connectivity index (χ1v) is 10.3. The van der Waals surface area contributed by atoms with E-state index < -0.39 is 11.7 Å². The highest BCUT2D eigenvalue weighted by atomic mass is 16.3. The van der Waals surface area contributed by atoms with Gasteiger partial charge >= 0.3 is 0 Å². The van der Waals surface area contributed by atoms with Gasteiger partial charge in [-0.1, -0.05) is 109 Å². The molecule has 0 radical (unpaired) electrons. The molecule has 0 saturated heterocycles. The molecule has 0 aromatic heterocycles. The van der Waals surface area contributed by atoms with Gasteiger partial charge in [0.15, 0.2) is 0 Å². The molecule has 1 aliphatic rings. The topological polar surface area (TPSA) is 40.5 Å². The number of hydrogen-bond acceptors (Lipinski definition) is 2. The second-order valence-corrected chi connectivity index (χ2v) is 7.58. The maximum absolute atomic E-state index is 10.2. The van der Waals surface area contributed by atoms with Crippen molar-refractivity contribution in [3.8, 4) is 0 Å². The molecule has 0 spiro atoms. The van der Waals surface area contributed by atoms with E-state index in [9.17, 15) is 10.2 Å². The van der Waals surface area contributed by atoms with E-state index in [4.69, 9.17) is 0 Å². The van der Waals surface area contributed by atoms with Crippen LogP contribution in [-0.2, 0) is 0 Å². The van der Waals surface area contributed by atoms with E-state index in [-0.39, 0.29) is 0 Å². The van der Waals surface area contributed by atoms with E-state index in [0.29, 0.717) is 6.42 Å². The maximum Gasteiger partial charge on any atom is 0.0856 e. The minimum Gasteiger partial charge on any atom is -0.389 e. The van der Waals surface area contributed by atoms with Gasteiger partial charge in [0.1, 0.15) is 0 Å². The van der Waals surface area contributed by atoms with Crippen molar-refractivity contribution in [2.24, 2.45) is 0 Å². The van der Waals surface area contributed by atoms with Crippen molar-refractivity contribution in [2.45, 2.75) is 121 Å². The van der Waals surface area contributed by atoms with Crippen LogP contribution in [0, 0.1) is 0 Å². The normalized spacial score (nSPS) is 23.7. The van der Waals surface area contributed by atoms with Crippen molar-refractivity contribution in [3.63, 3.8) is 0 Å². The molecule has 2 atom stereocenters. The first-order valence-electron chi connectivity index (χ1n) is 10.3. The van der Waals surface area contributed by atoms with Crippen LogP contribution in [0.3, 0.4) is 0 Å². The lowest BCUT2D eigenvalue weighted by Gasteiger charge is -2.20. The summed E-state index contributed by atoms with van der Waals surface area (Å²) in [6.45, 7) is 2.28. The molecule has 0 heterocycles. The molecule has 1 aliphatic carbocycles. The predicted molar refractivity (Wildman–Crippen MR) is 99.6 cm³/mol. The van der Waals surface area contributed by atoms with E-state index in [2.05, 4.69) is 6.92 Å². The van der Waals surface area contributed by atoms with Gasteiger partial charge in [0, 0.05) is 6.42 Å². The lowest BCUT2D eigenvalue weighted by Crippen LogP contribution is -2.25. The van der Waals surface area contributed by atoms with Gasteiger partial charge < -0.3 is 10.2 Å². The summed E-state index contributed by atoms with van der Waals surface area (Å²) >= 11 is 0. The zero-order valence-electron chi connectivity index (χ0n) is 15.4. The van der Waals surface area contributed by atoms with Crippen molar-refractivity contribution in [3.05, 3.63) is 12.2 Å². The first kappa shape index (κ1) is 20.7. The van der Waals surface area contributed by atoms with Crippen LogP contribution >= 0.6 is 0 Å². The maximum atomic E-state index is 10.2. The number of rotatable bonds is 15. The summed E-state index contributed by atoms with van der Waals surface area (Å²) in [5.74, 6) is 0. The fourth-order valence-electron chi connectivity index (χ4n) is 3.60. The highest BCUT2D eigenvalue weighted by Crippen LogP contribution is 2.28. The highest BCUT2D eigenvalue weighted by molar-refractivity contribution is 5.12. The molecule has 0 aromatic rings. The summed E-state index contributed by atoms with van der Waals surface area (Å²) in [5, 5.41) is 19.6. The second-order valence-electron chi connectivity index (χ2n) is 7.58. The largest absolute Gasteiger partial charge is 0.389 e. The molecule has 2 N–H and O–H groups in total. The van der Waals surface area contributed by atoms with Crippen molar-refractivity contribution in [1.29, 1.82) is 0 Å². The number of hydrogen-bond donors (Lipinski definition) is 2. The van der Waals surface area contributed by atoms with Crippen LogP contribution in [-0.4, -0.2) is 21.9 Å². The van der Waals surface area contributed by atoms with Crippen molar-refractivity contribution in [1.82, 2.24) is 0 Å². The van der Waals surface area contributed by atoms with Gasteiger partial charge in [-0.2, -0.15) is 0 Å². The van der Waals surface area contributed by atoms with Gasteiger partial charge in [0.05, 0.1) is 11.7 Å². The van der Waals surface area contributed by atoms with Gasteiger partial charge in [-0.3, -0.25) is 0 Å². The van der Waals surface area contributed by atoms with Gasteiger partial charge in [-0.05, 0) is 6.42 Å². The van der Waals surface area contributed by atoms with Crippen LogP contribution in [0.5, 0.6) is 0 Å². The van der Waals surface area contributed by atoms with Crippen molar-refractivity contribution < 1.29 is 10.2 Å². The fraction of sp³-hybridized carbons (Fsp3) is 0.905. The molecule has 2 heteroatoms. The Morgan fingerprint density at radius 1 is 0.783 bits per heavy atom. The first-order chi connectivity index (χ1) is 11.2. The molecular weight excluding hydrogens is 284 g/mol. The summed E-state index contributed by atoms with van der Waals surface area (Å²) < 4.78 is 0. The Kier molecular flexibility index (Phi) is 11.7. The van der Waals surface area contributed by atoms with E-state index in [1.165, 1.54) is 83.5 Å². The molecule has 2 nitrogen and oxygen atoms in total. The third-order valence-electron chi connectivity index (χ3n) is 5.15. The Balaban J connectivity index is 1.76. The van der Waals surface area contributed by atoms with Gasteiger partial charge in [-0.25, -0.2) is 0 Å². The van der Waals surface area contributed by atoms with Gasteiger partial charge in [0.2, 0.25) is 0 Å². The molecule has 0 bridgehead atoms. The zero-order valence-corrected chi connectivity index (χ0v) is 15.4. The van der Waals surface area contributed by atoms with Crippen LogP contribution < -0.4 is 0 Å². The highest BCUT2D eigenvalue weighted by Gasteiger charge is 2.30. The van der Waals surface area contributed by atoms with Crippen LogP contribution in [0.4, 0.5) is 0 Å². The van der Waals surface area contributed by atoms with Crippen LogP contribution in [0.2, 0.25) is 0 Å². The molecule has 136 valence electrons. The Hall–Kier alpha value is -0.340. The Morgan fingerprint density at radius 3 is 1.61 bits per heavy atom. The molecule has 0 amide bonds. The molecule has 0 saturated carbocycles. The van der Waals surface area contributed by atoms with E-state index in [1.54, 1.807) is 12.2 Å². The van der Waals surface area contributed by atoms with Gasteiger partial charge in [0.25, 0.3) is 0 Å². The van der Waals surface area contributed by atoms with Crippen LogP contribution in [0.1, 0.15) is 110 Å². The smallest absolute Gasteiger partial charge is 0.0856 e. The minimum atomic E-state index is -0.726. The second kappa shape index (κ2) is 13.0.